The number of nitrogens with one attached hydrogen (secondary N) is 1. The van der Waals surface area contributed by atoms with Crippen LogP contribution in [0, 0.1) is 0 Å². The molecule has 2 aromatic heterocycles. The Kier molecular flexibility index (Phi) is 4.10. The summed E-state index contributed by atoms with van der Waals surface area (Å²) in [6.45, 7) is 3.11. The van der Waals surface area contributed by atoms with E-state index in [4.69, 9.17) is 16.0 Å². The first-order valence-corrected chi connectivity index (χ1v) is 8.00. The number of furan rings is 1. The molecular weight excluding hydrogens is 290 g/mol. The van der Waals surface area contributed by atoms with E-state index in [9.17, 15) is 0 Å². The van der Waals surface area contributed by atoms with Gasteiger partial charge >= 0.3 is 0 Å². The van der Waals surface area contributed by atoms with Crippen molar-refractivity contribution in [1.29, 1.82) is 0 Å². The molecule has 0 amide bonds. The summed E-state index contributed by atoms with van der Waals surface area (Å²) in [6, 6.07) is 12.2. The minimum atomic E-state index is 0.0958. The molecule has 1 aromatic carbocycles. The largest absolute Gasteiger partial charge is 0.457 e. The summed E-state index contributed by atoms with van der Waals surface area (Å²) in [6.07, 6.45) is 1.09. The molecule has 3 aromatic rings. The highest BCUT2D eigenvalue weighted by molar-refractivity contribution is 7.10. The van der Waals surface area contributed by atoms with Gasteiger partial charge in [-0.05, 0) is 36.5 Å². The van der Waals surface area contributed by atoms with Crippen LogP contribution in [0.2, 0.25) is 5.02 Å². The number of benzene rings is 1. The lowest BCUT2D eigenvalue weighted by atomic mass is 10.1. The standard InChI is InChI=1S/C16H16ClNOS/c1-2-8-18-15(14-7-4-9-20-14)13-10-11-5-3-6-12(17)16(11)19-13/h3-7,9-10,15,18H,2,8H2,1H3. The Morgan fingerprint density at radius 2 is 2.20 bits per heavy atom. The van der Waals surface area contributed by atoms with Gasteiger partial charge in [0.15, 0.2) is 5.58 Å². The number of rotatable bonds is 5. The van der Waals surface area contributed by atoms with Crippen LogP contribution in [0.4, 0.5) is 0 Å². The van der Waals surface area contributed by atoms with Gasteiger partial charge in [-0.2, -0.15) is 0 Å². The van der Waals surface area contributed by atoms with Gasteiger partial charge in [-0.25, -0.2) is 0 Å². The number of para-hydroxylation sites is 1. The highest BCUT2D eigenvalue weighted by atomic mass is 35.5. The first-order valence-electron chi connectivity index (χ1n) is 6.74. The molecule has 20 heavy (non-hydrogen) atoms. The molecule has 3 rings (SSSR count). The van der Waals surface area contributed by atoms with Crippen LogP contribution in [0.1, 0.15) is 30.0 Å². The third-order valence-electron chi connectivity index (χ3n) is 3.23. The zero-order chi connectivity index (χ0) is 13.9. The van der Waals surface area contributed by atoms with Crippen molar-refractivity contribution in [3.05, 3.63) is 57.4 Å². The number of fused-ring (bicyclic) bond motifs is 1. The molecular formula is C16H16ClNOS. The molecule has 2 nitrogen and oxygen atoms in total. The summed E-state index contributed by atoms with van der Waals surface area (Å²) < 4.78 is 5.99. The van der Waals surface area contributed by atoms with Crippen LogP contribution in [0.3, 0.4) is 0 Å². The average molecular weight is 306 g/mol. The van der Waals surface area contributed by atoms with Gasteiger partial charge in [-0.3, -0.25) is 0 Å². The Hall–Kier alpha value is -1.29. The maximum Gasteiger partial charge on any atom is 0.152 e. The molecule has 104 valence electrons. The van der Waals surface area contributed by atoms with E-state index in [0.717, 1.165) is 29.7 Å². The number of hydrogen-bond acceptors (Lipinski definition) is 3. The van der Waals surface area contributed by atoms with Crippen molar-refractivity contribution >= 4 is 33.9 Å². The smallest absolute Gasteiger partial charge is 0.152 e. The summed E-state index contributed by atoms with van der Waals surface area (Å²) in [5.41, 5.74) is 0.768. The molecule has 0 bridgehead atoms. The van der Waals surface area contributed by atoms with Crippen molar-refractivity contribution in [1.82, 2.24) is 5.32 Å². The fourth-order valence-corrected chi connectivity index (χ4v) is 3.30. The Morgan fingerprint density at radius 3 is 2.90 bits per heavy atom. The van der Waals surface area contributed by atoms with Crippen LogP contribution >= 0.6 is 22.9 Å². The maximum absolute atomic E-state index is 6.19. The topological polar surface area (TPSA) is 25.2 Å². The SMILES string of the molecule is CCCNC(c1cc2cccc(Cl)c2o1)c1cccs1. The molecule has 1 atom stereocenters. The van der Waals surface area contributed by atoms with Gasteiger partial charge in [-0.15, -0.1) is 11.3 Å². The summed E-state index contributed by atoms with van der Waals surface area (Å²) >= 11 is 7.93. The number of hydrogen-bond donors (Lipinski definition) is 1. The van der Waals surface area contributed by atoms with E-state index in [-0.39, 0.29) is 6.04 Å². The van der Waals surface area contributed by atoms with Gasteiger partial charge in [0.1, 0.15) is 11.8 Å². The van der Waals surface area contributed by atoms with E-state index >= 15 is 0 Å². The lowest BCUT2D eigenvalue weighted by molar-refractivity contribution is 0.473. The highest BCUT2D eigenvalue weighted by Crippen LogP contribution is 2.33. The van der Waals surface area contributed by atoms with Crippen molar-refractivity contribution in [3.8, 4) is 0 Å². The molecule has 0 spiro atoms. The first kappa shape index (κ1) is 13.7. The third kappa shape index (κ3) is 2.62. The Balaban J connectivity index is 2.02. The van der Waals surface area contributed by atoms with Crippen molar-refractivity contribution in [2.45, 2.75) is 19.4 Å². The molecule has 4 heteroatoms. The van der Waals surface area contributed by atoms with Crippen molar-refractivity contribution in [2.24, 2.45) is 0 Å². The van der Waals surface area contributed by atoms with E-state index in [1.165, 1.54) is 4.88 Å². The molecule has 0 aliphatic rings. The molecule has 0 saturated carbocycles. The number of thiophene rings is 1. The van der Waals surface area contributed by atoms with Crippen molar-refractivity contribution in [3.63, 3.8) is 0 Å². The normalized spacial score (nSPS) is 12.9. The molecule has 2 heterocycles. The monoisotopic (exact) mass is 305 g/mol. The second-order valence-corrected chi connectivity index (χ2v) is 6.10. The van der Waals surface area contributed by atoms with Crippen LogP contribution in [0.15, 0.2) is 46.2 Å². The van der Waals surface area contributed by atoms with Crippen LogP contribution in [0.25, 0.3) is 11.0 Å². The van der Waals surface area contributed by atoms with E-state index < -0.39 is 0 Å². The van der Waals surface area contributed by atoms with E-state index in [0.29, 0.717) is 5.02 Å². The minimum absolute atomic E-state index is 0.0958. The summed E-state index contributed by atoms with van der Waals surface area (Å²) in [4.78, 5) is 1.26. The molecule has 0 radical (unpaired) electrons. The van der Waals surface area contributed by atoms with Crippen LogP contribution in [-0.4, -0.2) is 6.54 Å². The Morgan fingerprint density at radius 1 is 1.30 bits per heavy atom. The van der Waals surface area contributed by atoms with E-state index in [1.807, 2.05) is 18.2 Å². The zero-order valence-corrected chi connectivity index (χ0v) is 12.8. The fourth-order valence-electron chi connectivity index (χ4n) is 2.28. The molecule has 0 aliphatic heterocycles. The number of halogens is 1. The van der Waals surface area contributed by atoms with Gasteiger partial charge < -0.3 is 9.73 Å². The zero-order valence-electron chi connectivity index (χ0n) is 11.2. The van der Waals surface area contributed by atoms with Crippen LogP contribution in [-0.2, 0) is 0 Å². The van der Waals surface area contributed by atoms with Gasteiger partial charge in [0.2, 0.25) is 0 Å². The molecule has 0 aliphatic carbocycles. The molecule has 1 unspecified atom stereocenters. The Bertz CT molecular complexity index is 690. The fraction of sp³-hybridized carbons (Fsp3) is 0.250. The summed E-state index contributed by atoms with van der Waals surface area (Å²) in [5, 5.41) is 7.34. The van der Waals surface area contributed by atoms with Gasteiger partial charge in [0, 0.05) is 10.3 Å². The van der Waals surface area contributed by atoms with Gasteiger partial charge in [0.05, 0.1) is 5.02 Å². The summed E-state index contributed by atoms with van der Waals surface area (Å²) in [5.74, 6) is 0.920. The third-order valence-corrected chi connectivity index (χ3v) is 4.46. The lowest BCUT2D eigenvalue weighted by Gasteiger charge is -2.14. The second kappa shape index (κ2) is 6.00. The molecule has 0 fully saturated rings. The Labute approximate surface area is 127 Å². The maximum atomic E-state index is 6.19. The molecule has 0 saturated heterocycles. The predicted octanol–water partition coefficient (Wildman–Crippen LogP) is 5.24. The van der Waals surface area contributed by atoms with Crippen molar-refractivity contribution < 1.29 is 4.42 Å². The summed E-state index contributed by atoms with van der Waals surface area (Å²) in [7, 11) is 0. The van der Waals surface area contributed by atoms with Gasteiger partial charge in [-0.1, -0.05) is 36.7 Å². The van der Waals surface area contributed by atoms with Crippen LogP contribution in [0.5, 0.6) is 0 Å². The minimum Gasteiger partial charge on any atom is -0.457 e. The van der Waals surface area contributed by atoms with Crippen molar-refractivity contribution in [2.75, 3.05) is 6.54 Å². The first-order chi connectivity index (χ1) is 9.79. The lowest BCUT2D eigenvalue weighted by Crippen LogP contribution is -2.21. The quantitative estimate of drug-likeness (QED) is 0.697. The van der Waals surface area contributed by atoms with E-state index in [2.05, 4.69) is 35.8 Å². The second-order valence-electron chi connectivity index (χ2n) is 4.71. The van der Waals surface area contributed by atoms with Gasteiger partial charge in [0.25, 0.3) is 0 Å². The van der Waals surface area contributed by atoms with Crippen LogP contribution < -0.4 is 5.32 Å². The highest BCUT2D eigenvalue weighted by Gasteiger charge is 2.19. The molecule has 1 N–H and O–H groups in total. The average Bonchev–Trinajstić information content (AvgIpc) is 3.09. The predicted molar refractivity (Wildman–Crippen MR) is 85.7 cm³/mol. The van der Waals surface area contributed by atoms with E-state index in [1.54, 1.807) is 11.3 Å².